The molecule has 1 aromatic heterocycles. The predicted octanol–water partition coefficient (Wildman–Crippen LogP) is 1.85. The summed E-state index contributed by atoms with van der Waals surface area (Å²) in [4.78, 5) is 16.5. The standard InChI is InChI=1S/C12H15NO3S/c1-15-11(14)12(6-16-7-12)9-5-17-10(13-9)8-3-2-4-8/h5,8H,2-4,6-7H2,1H3. The van der Waals surface area contributed by atoms with E-state index in [-0.39, 0.29) is 5.97 Å². The van der Waals surface area contributed by atoms with Crippen LogP contribution in [0.15, 0.2) is 5.38 Å². The van der Waals surface area contributed by atoms with Crippen LogP contribution in [0.1, 0.15) is 35.9 Å². The monoisotopic (exact) mass is 253 g/mol. The number of methoxy groups -OCH3 is 1. The van der Waals surface area contributed by atoms with Crippen LogP contribution >= 0.6 is 11.3 Å². The van der Waals surface area contributed by atoms with E-state index in [4.69, 9.17) is 9.47 Å². The molecular weight excluding hydrogens is 238 g/mol. The largest absolute Gasteiger partial charge is 0.468 e. The molecule has 2 aliphatic rings. The van der Waals surface area contributed by atoms with Gasteiger partial charge >= 0.3 is 5.97 Å². The van der Waals surface area contributed by atoms with Crippen molar-refractivity contribution in [2.45, 2.75) is 30.6 Å². The molecule has 0 amide bonds. The summed E-state index contributed by atoms with van der Waals surface area (Å²) >= 11 is 1.66. The van der Waals surface area contributed by atoms with Crippen molar-refractivity contribution in [1.29, 1.82) is 0 Å². The van der Waals surface area contributed by atoms with Crippen molar-refractivity contribution < 1.29 is 14.3 Å². The summed E-state index contributed by atoms with van der Waals surface area (Å²) < 4.78 is 10.1. The van der Waals surface area contributed by atoms with Crippen LogP contribution in [0, 0.1) is 0 Å². The van der Waals surface area contributed by atoms with Gasteiger partial charge in [0.1, 0.15) is 0 Å². The minimum absolute atomic E-state index is 0.228. The number of carbonyl (C=O) groups excluding carboxylic acids is 1. The highest BCUT2D eigenvalue weighted by molar-refractivity contribution is 7.09. The van der Waals surface area contributed by atoms with E-state index < -0.39 is 5.41 Å². The fourth-order valence-electron chi connectivity index (χ4n) is 2.22. The third kappa shape index (κ3) is 1.60. The maximum Gasteiger partial charge on any atom is 0.322 e. The van der Waals surface area contributed by atoms with Crippen LogP contribution in [0.3, 0.4) is 0 Å². The van der Waals surface area contributed by atoms with Crippen molar-refractivity contribution in [3.63, 3.8) is 0 Å². The quantitative estimate of drug-likeness (QED) is 0.771. The van der Waals surface area contributed by atoms with E-state index in [1.807, 2.05) is 5.38 Å². The fourth-order valence-corrected chi connectivity index (χ4v) is 3.31. The first kappa shape index (κ1) is 11.2. The second-order valence-corrected chi connectivity index (χ2v) is 5.65. The van der Waals surface area contributed by atoms with Crippen molar-refractivity contribution >= 4 is 17.3 Å². The molecule has 1 saturated heterocycles. The molecule has 92 valence electrons. The Hall–Kier alpha value is -0.940. The number of ether oxygens (including phenoxy) is 2. The Kier molecular flexibility index (Phi) is 2.67. The third-order valence-electron chi connectivity index (χ3n) is 3.74. The van der Waals surface area contributed by atoms with Crippen molar-refractivity contribution in [2.75, 3.05) is 20.3 Å². The highest BCUT2D eigenvalue weighted by Gasteiger charge is 2.50. The molecule has 0 spiro atoms. The number of rotatable bonds is 3. The SMILES string of the molecule is COC(=O)C1(c2csc(C3CCC3)n2)COC1. The molecule has 1 aliphatic carbocycles. The molecule has 1 aromatic rings. The topological polar surface area (TPSA) is 48.4 Å². The minimum atomic E-state index is -0.632. The molecule has 3 rings (SSSR count). The Bertz CT molecular complexity index is 435. The third-order valence-corrected chi connectivity index (χ3v) is 4.75. The van der Waals surface area contributed by atoms with Gasteiger partial charge in [0.25, 0.3) is 0 Å². The highest BCUT2D eigenvalue weighted by Crippen LogP contribution is 2.41. The molecule has 0 radical (unpaired) electrons. The van der Waals surface area contributed by atoms with E-state index >= 15 is 0 Å². The van der Waals surface area contributed by atoms with Crippen molar-refractivity contribution in [1.82, 2.24) is 4.98 Å². The molecule has 0 atom stereocenters. The first-order valence-electron chi connectivity index (χ1n) is 5.88. The first-order valence-corrected chi connectivity index (χ1v) is 6.76. The number of hydrogen-bond donors (Lipinski definition) is 0. The highest BCUT2D eigenvalue weighted by atomic mass is 32.1. The van der Waals surface area contributed by atoms with Gasteiger partial charge in [0.05, 0.1) is 31.0 Å². The summed E-state index contributed by atoms with van der Waals surface area (Å²) in [5.41, 5.74) is 0.204. The van der Waals surface area contributed by atoms with Gasteiger partial charge in [-0.1, -0.05) is 6.42 Å². The van der Waals surface area contributed by atoms with Crippen LogP contribution in [0.2, 0.25) is 0 Å². The molecule has 1 saturated carbocycles. The smallest absolute Gasteiger partial charge is 0.322 e. The second kappa shape index (κ2) is 4.07. The number of thiazole rings is 1. The van der Waals surface area contributed by atoms with E-state index in [1.54, 1.807) is 11.3 Å². The Morgan fingerprint density at radius 3 is 2.82 bits per heavy atom. The normalized spacial score (nSPS) is 22.6. The van der Waals surface area contributed by atoms with Crippen molar-refractivity contribution in [2.24, 2.45) is 0 Å². The molecule has 5 heteroatoms. The molecule has 0 unspecified atom stereocenters. The summed E-state index contributed by atoms with van der Waals surface area (Å²) in [6.45, 7) is 0.793. The van der Waals surface area contributed by atoms with Crippen LogP contribution in [-0.4, -0.2) is 31.3 Å². The van der Waals surface area contributed by atoms with Gasteiger partial charge in [-0.2, -0.15) is 0 Å². The molecule has 2 heterocycles. The lowest BCUT2D eigenvalue weighted by Crippen LogP contribution is -2.53. The van der Waals surface area contributed by atoms with Gasteiger partial charge in [-0.05, 0) is 12.8 Å². The van der Waals surface area contributed by atoms with E-state index in [0.717, 1.165) is 5.69 Å². The maximum absolute atomic E-state index is 11.8. The summed E-state index contributed by atoms with van der Waals surface area (Å²) in [5, 5.41) is 3.16. The van der Waals surface area contributed by atoms with E-state index in [0.29, 0.717) is 19.1 Å². The maximum atomic E-state index is 11.8. The number of nitrogens with zero attached hydrogens (tertiary/aromatic N) is 1. The van der Waals surface area contributed by atoms with Gasteiger partial charge in [-0.15, -0.1) is 11.3 Å². The van der Waals surface area contributed by atoms with E-state index in [2.05, 4.69) is 4.98 Å². The Balaban J connectivity index is 1.86. The molecule has 2 fully saturated rings. The zero-order valence-corrected chi connectivity index (χ0v) is 10.6. The Labute approximate surface area is 104 Å². The number of carbonyl (C=O) groups is 1. The molecular formula is C12H15NO3S. The van der Waals surface area contributed by atoms with Gasteiger partial charge in [0, 0.05) is 11.3 Å². The van der Waals surface area contributed by atoms with Crippen LogP contribution in [-0.2, 0) is 19.7 Å². The van der Waals surface area contributed by atoms with Gasteiger partial charge in [0.15, 0.2) is 5.41 Å². The molecule has 0 aromatic carbocycles. The lowest BCUT2D eigenvalue weighted by atomic mass is 9.82. The average Bonchev–Trinajstić information content (AvgIpc) is 2.62. The van der Waals surface area contributed by atoms with Crippen molar-refractivity contribution in [3.05, 3.63) is 16.1 Å². The first-order chi connectivity index (χ1) is 8.26. The molecule has 0 N–H and O–H groups in total. The summed E-state index contributed by atoms with van der Waals surface area (Å²) in [5.74, 6) is 0.388. The second-order valence-electron chi connectivity index (χ2n) is 4.77. The summed E-state index contributed by atoms with van der Waals surface area (Å²) in [6.07, 6.45) is 3.76. The Morgan fingerprint density at radius 1 is 1.59 bits per heavy atom. The number of esters is 1. The zero-order valence-electron chi connectivity index (χ0n) is 9.77. The lowest BCUT2D eigenvalue weighted by molar-refractivity contribution is -0.167. The van der Waals surface area contributed by atoms with Gasteiger partial charge in [-0.3, -0.25) is 4.79 Å². The summed E-state index contributed by atoms with van der Waals surface area (Å²) in [6, 6.07) is 0. The van der Waals surface area contributed by atoms with Crippen LogP contribution in [0.25, 0.3) is 0 Å². The van der Waals surface area contributed by atoms with Crippen LogP contribution < -0.4 is 0 Å². The number of hydrogen-bond acceptors (Lipinski definition) is 5. The van der Waals surface area contributed by atoms with E-state index in [9.17, 15) is 4.79 Å². The molecule has 1 aliphatic heterocycles. The fraction of sp³-hybridized carbons (Fsp3) is 0.667. The predicted molar refractivity (Wildman–Crippen MR) is 63.2 cm³/mol. The van der Waals surface area contributed by atoms with Crippen LogP contribution in [0.5, 0.6) is 0 Å². The molecule has 0 bridgehead atoms. The average molecular weight is 253 g/mol. The zero-order chi connectivity index (χ0) is 11.9. The van der Waals surface area contributed by atoms with Crippen LogP contribution in [0.4, 0.5) is 0 Å². The van der Waals surface area contributed by atoms with Gasteiger partial charge in [0.2, 0.25) is 0 Å². The van der Waals surface area contributed by atoms with Gasteiger partial charge < -0.3 is 9.47 Å². The van der Waals surface area contributed by atoms with Gasteiger partial charge in [-0.25, -0.2) is 4.98 Å². The number of aromatic nitrogens is 1. The van der Waals surface area contributed by atoms with Crippen molar-refractivity contribution in [3.8, 4) is 0 Å². The minimum Gasteiger partial charge on any atom is -0.468 e. The summed E-state index contributed by atoms with van der Waals surface area (Å²) in [7, 11) is 1.42. The Morgan fingerprint density at radius 2 is 2.35 bits per heavy atom. The van der Waals surface area contributed by atoms with E-state index in [1.165, 1.54) is 31.4 Å². The molecule has 4 nitrogen and oxygen atoms in total. The molecule has 17 heavy (non-hydrogen) atoms. The lowest BCUT2D eigenvalue weighted by Gasteiger charge is -2.37.